The molecule has 0 bridgehead atoms. The molecule has 0 aromatic heterocycles. The molecule has 2 aromatic carbocycles. The quantitative estimate of drug-likeness (QED) is 0.513. The average Bonchev–Trinajstić information content (AvgIpc) is 2.67. The van der Waals surface area contributed by atoms with Gasteiger partial charge in [-0.25, -0.2) is 0 Å². The highest BCUT2D eigenvalue weighted by Gasteiger charge is 2.08. The molecule has 3 amide bonds. The van der Waals surface area contributed by atoms with Crippen molar-refractivity contribution in [2.75, 3.05) is 5.32 Å². The van der Waals surface area contributed by atoms with Gasteiger partial charge in [0.1, 0.15) is 0 Å². The van der Waals surface area contributed by atoms with Crippen LogP contribution < -0.4 is 16.2 Å². The van der Waals surface area contributed by atoms with Crippen molar-refractivity contribution in [3.63, 3.8) is 0 Å². The van der Waals surface area contributed by atoms with E-state index in [0.29, 0.717) is 16.3 Å². The number of hydrogen-bond acceptors (Lipinski definition) is 3. The van der Waals surface area contributed by atoms with Crippen LogP contribution in [0.5, 0.6) is 0 Å². The highest BCUT2D eigenvalue weighted by Crippen LogP contribution is 2.16. The first-order valence-corrected chi connectivity index (χ1v) is 9.11. The molecule has 6 nitrogen and oxygen atoms in total. The number of hydrazine groups is 1. The molecule has 0 unspecified atom stereocenters. The highest BCUT2D eigenvalue weighted by atomic mass is 35.5. The maximum absolute atomic E-state index is 11.9. The minimum atomic E-state index is -0.507. The standard InChI is InChI=1S/C21H22ClN3O3/c1-14-7-9-17(13-15(14)2)23-19(26)11-12-21(28)25-24-20(27)10-8-16-5-3-4-6-18(16)22/h3-10,13H,11-12H2,1-2H3,(H,23,26)(H,24,27)(H,25,28). The van der Waals surface area contributed by atoms with Gasteiger partial charge in [0.15, 0.2) is 0 Å². The molecule has 0 saturated heterocycles. The highest BCUT2D eigenvalue weighted by molar-refractivity contribution is 6.32. The number of carbonyl (C=O) groups is 3. The first-order chi connectivity index (χ1) is 13.3. The van der Waals surface area contributed by atoms with Gasteiger partial charge in [-0.1, -0.05) is 35.9 Å². The summed E-state index contributed by atoms with van der Waals surface area (Å²) in [7, 11) is 0. The van der Waals surface area contributed by atoms with Crippen LogP contribution in [0.2, 0.25) is 5.02 Å². The van der Waals surface area contributed by atoms with Crippen LogP contribution in [0, 0.1) is 13.8 Å². The fourth-order valence-electron chi connectivity index (χ4n) is 2.28. The van der Waals surface area contributed by atoms with Gasteiger partial charge in [-0.2, -0.15) is 0 Å². The molecule has 0 atom stereocenters. The minimum Gasteiger partial charge on any atom is -0.326 e. The van der Waals surface area contributed by atoms with E-state index in [1.54, 1.807) is 30.3 Å². The maximum Gasteiger partial charge on any atom is 0.262 e. The molecule has 0 heterocycles. The first kappa shape index (κ1) is 21.2. The van der Waals surface area contributed by atoms with Gasteiger partial charge in [-0.3, -0.25) is 25.2 Å². The van der Waals surface area contributed by atoms with Crippen molar-refractivity contribution in [3.8, 4) is 0 Å². The molecule has 146 valence electrons. The Hall–Kier alpha value is -3.12. The zero-order valence-electron chi connectivity index (χ0n) is 15.7. The Morgan fingerprint density at radius 2 is 1.64 bits per heavy atom. The van der Waals surface area contributed by atoms with Crippen LogP contribution >= 0.6 is 11.6 Å². The van der Waals surface area contributed by atoms with Crippen molar-refractivity contribution in [1.29, 1.82) is 0 Å². The van der Waals surface area contributed by atoms with Crippen LogP contribution in [0.15, 0.2) is 48.5 Å². The largest absolute Gasteiger partial charge is 0.326 e. The number of aryl methyl sites for hydroxylation is 2. The van der Waals surface area contributed by atoms with Crippen molar-refractivity contribution in [3.05, 3.63) is 70.3 Å². The van der Waals surface area contributed by atoms with Crippen LogP contribution in [0.1, 0.15) is 29.5 Å². The van der Waals surface area contributed by atoms with E-state index in [4.69, 9.17) is 11.6 Å². The zero-order valence-corrected chi connectivity index (χ0v) is 16.5. The number of amides is 3. The third kappa shape index (κ3) is 6.89. The number of nitrogens with one attached hydrogen (secondary N) is 3. The Kier molecular flexibility index (Phi) is 7.77. The van der Waals surface area contributed by atoms with Gasteiger partial charge < -0.3 is 5.32 Å². The van der Waals surface area contributed by atoms with Crippen LogP contribution in [-0.2, 0) is 14.4 Å². The van der Waals surface area contributed by atoms with E-state index in [1.165, 1.54) is 6.08 Å². The van der Waals surface area contributed by atoms with Crippen LogP contribution in [0.25, 0.3) is 6.08 Å². The van der Waals surface area contributed by atoms with Crippen LogP contribution in [0.4, 0.5) is 5.69 Å². The fraction of sp³-hybridized carbons (Fsp3) is 0.190. The Labute approximate surface area is 168 Å². The summed E-state index contributed by atoms with van der Waals surface area (Å²) < 4.78 is 0. The van der Waals surface area contributed by atoms with Crippen molar-refractivity contribution in [1.82, 2.24) is 10.9 Å². The summed E-state index contributed by atoms with van der Waals surface area (Å²) >= 11 is 5.99. The lowest BCUT2D eigenvalue weighted by Crippen LogP contribution is -2.41. The molecule has 0 aliphatic rings. The second-order valence-corrected chi connectivity index (χ2v) is 6.65. The summed E-state index contributed by atoms with van der Waals surface area (Å²) in [4.78, 5) is 35.5. The molecule has 0 radical (unpaired) electrons. The normalized spacial score (nSPS) is 10.5. The third-order valence-corrected chi connectivity index (χ3v) is 4.36. The average molecular weight is 400 g/mol. The summed E-state index contributed by atoms with van der Waals surface area (Å²) in [6, 6.07) is 12.7. The summed E-state index contributed by atoms with van der Waals surface area (Å²) in [5.74, 6) is -1.24. The topological polar surface area (TPSA) is 87.3 Å². The second-order valence-electron chi connectivity index (χ2n) is 6.24. The molecule has 2 rings (SSSR count). The Morgan fingerprint density at radius 1 is 0.929 bits per heavy atom. The number of carbonyl (C=O) groups excluding carboxylic acids is 3. The van der Waals surface area contributed by atoms with Crippen molar-refractivity contribution < 1.29 is 14.4 Å². The van der Waals surface area contributed by atoms with Crippen LogP contribution in [0.3, 0.4) is 0 Å². The number of hydrogen-bond donors (Lipinski definition) is 3. The lowest BCUT2D eigenvalue weighted by Gasteiger charge is -2.08. The Bertz CT molecular complexity index is 910. The third-order valence-electron chi connectivity index (χ3n) is 4.01. The van der Waals surface area contributed by atoms with Gasteiger partial charge >= 0.3 is 0 Å². The molecule has 7 heteroatoms. The second kappa shape index (κ2) is 10.3. The minimum absolute atomic E-state index is 0.00406. The number of halogens is 1. The summed E-state index contributed by atoms with van der Waals surface area (Å²) in [5, 5.41) is 3.26. The molecule has 0 aliphatic carbocycles. The molecule has 0 aliphatic heterocycles. The molecular formula is C21H22ClN3O3. The molecule has 2 aromatic rings. The molecule has 0 spiro atoms. The van der Waals surface area contributed by atoms with E-state index in [2.05, 4.69) is 16.2 Å². The molecule has 28 heavy (non-hydrogen) atoms. The summed E-state index contributed by atoms with van der Waals surface area (Å²) in [5.41, 5.74) is 8.11. The monoisotopic (exact) mass is 399 g/mol. The first-order valence-electron chi connectivity index (χ1n) is 8.73. The van der Waals surface area contributed by atoms with E-state index in [0.717, 1.165) is 11.1 Å². The number of anilines is 1. The van der Waals surface area contributed by atoms with Gasteiger partial charge in [0.2, 0.25) is 11.8 Å². The SMILES string of the molecule is Cc1ccc(NC(=O)CCC(=O)NNC(=O)C=Cc2ccccc2Cl)cc1C. The maximum atomic E-state index is 11.9. The Balaban J connectivity index is 1.71. The zero-order chi connectivity index (χ0) is 20.5. The summed E-state index contributed by atoms with van der Waals surface area (Å²) in [6.45, 7) is 3.95. The van der Waals surface area contributed by atoms with Crippen LogP contribution in [-0.4, -0.2) is 17.7 Å². The van der Waals surface area contributed by atoms with E-state index < -0.39 is 11.8 Å². The molecule has 3 N–H and O–H groups in total. The number of benzene rings is 2. The van der Waals surface area contributed by atoms with Gasteiger partial charge in [0.25, 0.3) is 5.91 Å². The van der Waals surface area contributed by atoms with Crippen molar-refractivity contribution in [2.45, 2.75) is 26.7 Å². The van der Waals surface area contributed by atoms with E-state index in [9.17, 15) is 14.4 Å². The molecule has 0 saturated carbocycles. The van der Waals surface area contributed by atoms with Gasteiger partial charge in [0, 0.05) is 29.6 Å². The van der Waals surface area contributed by atoms with E-state index in [-0.39, 0.29) is 18.7 Å². The van der Waals surface area contributed by atoms with Gasteiger partial charge in [-0.05, 0) is 54.8 Å². The lowest BCUT2D eigenvalue weighted by molar-refractivity contribution is -0.128. The van der Waals surface area contributed by atoms with Gasteiger partial charge in [0.05, 0.1) is 0 Å². The van der Waals surface area contributed by atoms with Gasteiger partial charge in [-0.15, -0.1) is 0 Å². The predicted octanol–water partition coefficient (Wildman–Crippen LogP) is 3.54. The molecular weight excluding hydrogens is 378 g/mol. The lowest BCUT2D eigenvalue weighted by atomic mass is 10.1. The van der Waals surface area contributed by atoms with E-state index in [1.807, 2.05) is 32.0 Å². The fourth-order valence-corrected chi connectivity index (χ4v) is 2.48. The summed E-state index contributed by atoms with van der Waals surface area (Å²) in [6.07, 6.45) is 2.75. The number of rotatable bonds is 6. The van der Waals surface area contributed by atoms with E-state index >= 15 is 0 Å². The predicted molar refractivity (Wildman–Crippen MR) is 111 cm³/mol. The molecule has 0 fully saturated rings. The van der Waals surface area contributed by atoms with Crippen molar-refractivity contribution >= 4 is 41.1 Å². The van der Waals surface area contributed by atoms with Crippen molar-refractivity contribution in [2.24, 2.45) is 0 Å². The Morgan fingerprint density at radius 3 is 2.36 bits per heavy atom. The smallest absolute Gasteiger partial charge is 0.262 e.